The summed E-state index contributed by atoms with van der Waals surface area (Å²) in [5.74, 6) is 1.14. The number of hydrogen-bond acceptors (Lipinski definition) is 2. The molecule has 0 aliphatic heterocycles. The molecule has 3 aliphatic rings. The molecule has 1 nitrogen and oxygen atoms in total. The lowest BCUT2D eigenvalue weighted by atomic mass is 9.60. The fourth-order valence-electron chi connectivity index (χ4n) is 10.6. The van der Waals surface area contributed by atoms with Crippen molar-refractivity contribution in [2.24, 2.45) is 17.8 Å². The number of benzene rings is 7. The average molecular weight is 776 g/mol. The van der Waals surface area contributed by atoms with Crippen molar-refractivity contribution in [2.45, 2.75) is 25.7 Å². The molecule has 0 radical (unpaired) electrons. The Balaban J connectivity index is 1.09. The van der Waals surface area contributed by atoms with Gasteiger partial charge in [0, 0.05) is 43.2 Å². The second kappa shape index (κ2) is 14.4. The number of hydrogen-bond donors (Lipinski definition) is 0. The van der Waals surface area contributed by atoms with Gasteiger partial charge in [0.1, 0.15) is 0 Å². The molecule has 59 heavy (non-hydrogen) atoms. The molecule has 7 aromatic carbocycles. The summed E-state index contributed by atoms with van der Waals surface area (Å²) < 4.78 is 2.62. The van der Waals surface area contributed by atoms with Gasteiger partial charge in [-0.2, -0.15) is 0 Å². The Bertz CT molecular complexity index is 2980. The Labute approximate surface area is 351 Å². The Kier molecular flexibility index (Phi) is 8.71. The first kappa shape index (κ1) is 35.7. The van der Waals surface area contributed by atoms with E-state index in [1.54, 1.807) is 0 Å². The van der Waals surface area contributed by atoms with Crippen molar-refractivity contribution in [3.8, 4) is 11.1 Å². The molecule has 284 valence electrons. The van der Waals surface area contributed by atoms with E-state index < -0.39 is 0 Å². The van der Waals surface area contributed by atoms with Crippen LogP contribution in [0.4, 0.5) is 17.1 Å². The molecule has 0 spiro atoms. The molecule has 0 bridgehead atoms. The average Bonchev–Trinajstić information content (AvgIpc) is 3.82. The van der Waals surface area contributed by atoms with Crippen LogP contribution in [-0.2, 0) is 5.41 Å². The van der Waals surface area contributed by atoms with Gasteiger partial charge in [0.25, 0.3) is 0 Å². The number of allylic oxidation sites excluding steroid dienone is 8. The molecule has 0 saturated heterocycles. The largest absolute Gasteiger partial charge is 0.310 e. The van der Waals surface area contributed by atoms with Crippen LogP contribution in [0.3, 0.4) is 0 Å². The van der Waals surface area contributed by atoms with Crippen molar-refractivity contribution in [3.05, 3.63) is 234 Å². The van der Waals surface area contributed by atoms with Gasteiger partial charge in [-0.3, -0.25) is 0 Å². The maximum atomic E-state index is 2.43. The summed E-state index contributed by atoms with van der Waals surface area (Å²) in [6.07, 6.45) is 14.9. The fraction of sp³-hybridized carbons (Fsp3) is 0.123. The van der Waals surface area contributed by atoms with E-state index >= 15 is 0 Å². The van der Waals surface area contributed by atoms with Crippen LogP contribution < -0.4 is 4.90 Å². The van der Waals surface area contributed by atoms with Gasteiger partial charge < -0.3 is 4.90 Å². The van der Waals surface area contributed by atoms with Crippen LogP contribution in [-0.4, -0.2) is 0 Å². The number of fused-ring (bicyclic) bond motifs is 6. The standard InChI is InChI=1S/C57H45NS/c1-38-15-9-10-21-47(38)42-29-33-45(34-30-42)58(44-31-27-41(28-32-44)40-17-5-3-6-18-40)46-35-36-50-54(37-46)59-53-26-14-25-52(55(50)53)57(43-19-7-4-8-20-43)51-24-12-11-22-48(51)49-23-13-16-39(2)56(49)57/h3-14,16-39,56H,15H2,1-2H3. The molecule has 4 atom stereocenters. The van der Waals surface area contributed by atoms with Crippen molar-refractivity contribution in [2.75, 3.05) is 4.90 Å². The summed E-state index contributed by atoms with van der Waals surface area (Å²) in [4.78, 5) is 2.42. The predicted molar refractivity (Wildman–Crippen MR) is 253 cm³/mol. The topological polar surface area (TPSA) is 3.24 Å². The van der Waals surface area contributed by atoms with E-state index in [1.165, 1.54) is 70.3 Å². The van der Waals surface area contributed by atoms with E-state index in [0.29, 0.717) is 11.8 Å². The van der Waals surface area contributed by atoms with E-state index in [4.69, 9.17) is 0 Å². The molecular formula is C57H45NS. The third kappa shape index (κ3) is 5.73. The first-order valence-corrected chi connectivity index (χ1v) is 21.8. The van der Waals surface area contributed by atoms with E-state index in [-0.39, 0.29) is 11.3 Å². The van der Waals surface area contributed by atoms with Gasteiger partial charge in [0.05, 0.1) is 5.41 Å². The highest BCUT2D eigenvalue weighted by atomic mass is 32.1. The van der Waals surface area contributed by atoms with Gasteiger partial charge in [0.15, 0.2) is 0 Å². The van der Waals surface area contributed by atoms with Gasteiger partial charge in [-0.1, -0.05) is 178 Å². The second-order valence-electron chi connectivity index (χ2n) is 16.5. The Morgan fingerprint density at radius 2 is 1.19 bits per heavy atom. The minimum absolute atomic E-state index is 0.271. The van der Waals surface area contributed by atoms with Crippen LogP contribution in [0.5, 0.6) is 0 Å². The zero-order chi connectivity index (χ0) is 39.5. The van der Waals surface area contributed by atoms with E-state index in [1.807, 2.05) is 11.3 Å². The molecule has 8 aromatic rings. The lowest BCUT2D eigenvalue weighted by Gasteiger charge is -2.42. The quantitative estimate of drug-likeness (QED) is 0.156. The van der Waals surface area contributed by atoms with Crippen LogP contribution in [0.15, 0.2) is 206 Å². The maximum Gasteiger partial charge on any atom is 0.0538 e. The molecule has 0 N–H and O–H groups in total. The first-order chi connectivity index (χ1) is 29.1. The Morgan fingerprint density at radius 1 is 0.542 bits per heavy atom. The van der Waals surface area contributed by atoms with E-state index in [9.17, 15) is 0 Å². The zero-order valence-corrected chi connectivity index (χ0v) is 34.2. The van der Waals surface area contributed by atoms with Gasteiger partial charge >= 0.3 is 0 Å². The Hall–Kier alpha value is -6.48. The van der Waals surface area contributed by atoms with E-state index in [2.05, 4.69) is 225 Å². The number of anilines is 3. The number of rotatable bonds is 7. The van der Waals surface area contributed by atoms with Crippen LogP contribution in [0.25, 0.3) is 42.4 Å². The molecule has 0 fully saturated rings. The molecule has 2 heteroatoms. The first-order valence-electron chi connectivity index (χ1n) is 21.0. The monoisotopic (exact) mass is 775 g/mol. The highest BCUT2D eigenvalue weighted by Gasteiger charge is 2.54. The van der Waals surface area contributed by atoms with Crippen molar-refractivity contribution >= 4 is 59.7 Å². The molecule has 1 aromatic heterocycles. The molecule has 11 rings (SSSR count). The van der Waals surface area contributed by atoms with Crippen LogP contribution in [0.2, 0.25) is 0 Å². The highest BCUT2D eigenvalue weighted by molar-refractivity contribution is 7.25. The third-order valence-corrected chi connectivity index (χ3v) is 14.3. The minimum atomic E-state index is -0.352. The van der Waals surface area contributed by atoms with Gasteiger partial charge in [-0.15, -0.1) is 11.3 Å². The summed E-state index contributed by atoms with van der Waals surface area (Å²) in [6, 6.07) is 63.7. The Morgan fingerprint density at radius 3 is 1.95 bits per heavy atom. The minimum Gasteiger partial charge on any atom is -0.310 e. The smallest absolute Gasteiger partial charge is 0.0538 e. The number of nitrogens with zero attached hydrogens (tertiary/aromatic N) is 1. The molecular weight excluding hydrogens is 731 g/mol. The summed E-state index contributed by atoms with van der Waals surface area (Å²) in [7, 11) is 0. The summed E-state index contributed by atoms with van der Waals surface area (Å²) in [6.45, 7) is 4.73. The summed E-state index contributed by atoms with van der Waals surface area (Å²) in [5, 5.41) is 2.68. The van der Waals surface area contributed by atoms with Crippen LogP contribution >= 0.6 is 11.3 Å². The second-order valence-corrected chi connectivity index (χ2v) is 17.6. The normalized spacial score (nSPS) is 20.6. The van der Waals surface area contributed by atoms with Gasteiger partial charge in [-0.05, 0) is 111 Å². The van der Waals surface area contributed by atoms with Crippen molar-refractivity contribution < 1.29 is 0 Å². The lowest BCUT2D eigenvalue weighted by Crippen LogP contribution is -2.38. The van der Waals surface area contributed by atoms with Crippen LogP contribution in [0, 0.1) is 17.8 Å². The molecule has 1 heterocycles. The van der Waals surface area contributed by atoms with Crippen molar-refractivity contribution in [1.29, 1.82) is 0 Å². The summed E-state index contributed by atoms with van der Waals surface area (Å²) >= 11 is 1.91. The van der Waals surface area contributed by atoms with E-state index in [0.717, 1.165) is 23.5 Å². The SMILES string of the molecule is CC1CC=CC=C1c1ccc(N(c2ccc(-c3ccccc3)cc2)c2ccc3c(c2)sc2cccc(C4(c5ccccc5)c5ccccc5C5=CC=CC(C)C54)c23)cc1. The molecule has 4 unspecified atom stereocenters. The number of thiophene rings is 1. The molecule has 0 amide bonds. The summed E-state index contributed by atoms with van der Waals surface area (Å²) in [5.41, 5.74) is 15.2. The molecule has 0 saturated carbocycles. The fourth-order valence-corrected chi connectivity index (χ4v) is 11.7. The highest BCUT2D eigenvalue weighted by Crippen LogP contribution is 2.62. The lowest BCUT2D eigenvalue weighted by molar-refractivity contribution is 0.401. The third-order valence-electron chi connectivity index (χ3n) is 13.2. The predicted octanol–water partition coefficient (Wildman–Crippen LogP) is 15.7. The van der Waals surface area contributed by atoms with Crippen LogP contribution in [0.1, 0.15) is 48.1 Å². The molecule has 3 aliphatic carbocycles. The zero-order valence-electron chi connectivity index (χ0n) is 33.4. The maximum absolute atomic E-state index is 2.43. The van der Waals surface area contributed by atoms with Gasteiger partial charge in [-0.25, -0.2) is 0 Å². The van der Waals surface area contributed by atoms with Crippen molar-refractivity contribution in [1.82, 2.24) is 0 Å². The van der Waals surface area contributed by atoms with Gasteiger partial charge in [0.2, 0.25) is 0 Å². The van der Waals surface area contributed by atoms with Crippen molar-refractivity contribution in [3.63, 3.8) is 0 Å².